The van der Waals surface area contributed by atoms with Crippen molar-refractivity contribution in [3.63, 3.8) is 0 Å². The Morgan fingerprint density at radius 2 is 0.905 bits per heavy atom. The second kappa shape index (κ2) is 88.5. The van der Waals surface area contributed by atoms with E-state index in [4.69, 9.17) is 18.9 Å². The van der Waals surface area contributed by atoms with Gasteiger partial charge in [-0.1, -0.05) is 235 Å². The first kappa shape index (κ1) is 112. The van der Waals surface area contributed by atoms with Crippen LogP contribution in [0.15, 0.2) is 20.0 Å². The monoisotopic (exact) mass is 1360 g/mol. The van der Waals surface area contributed by atoms with Crippen LogP contribution in [0.2, 0.25) is 0 Å². The molecule has 580 valence electrons. The molecule has 0 aromatic rings. The summed E-state index contributed by atoms with van der Waals surface area (Å²) in [6, 6.07) is 1.36. The lowest BCUT2D eigenvalue weighted by Gasteiger charge is -2.30. The Bertz CT molecular complexity index is 1290. The highest BCUT2D eigenvalue weighted by Gasteiger charge is 2.20. The summed E-state index contributed by atoms with van der Waals surface area (Å²) in [6.07, 6.45) is 27.8. The van der Waals surface area contributed by atoms with E-state index in [2.05, 4.69) is 161 Å². The van der Waals surface area contributed by atoms with E-state index >= 15 is 0 Å². The van der Waals surface area contributed by atoms with Crippen molar-refractivity contribution in [2.24, 2.45) is 91.0 Å². The van der Waals surface area contributed by atoms with Crippen LogP contribution in [0.25, 0.3) is 0 Å². The minimum absolute atomic E-state index is 0.554. The van der Waals surface area contributed by atoms with Gasteiger partial charge in [0.1, 0.15) is 0 Å². The lowest BCUT2D eigenvalue weighted by atomic mass is 9.89. The van der Waals surface area contributed by atoms with Crippen LogP contribution in [0.5, 0.6) is 0 Å². The van der Waals surface area contributed by atoms with Crippen LogP contribution in [0.1, 0.15) is 352 Å². The third kappa shape index (κ3) is 72.1. The van der Waals surface area contributed by atoms with Crippen LogP contribution in [0.4, 0.5) is 0 Å². The number of nitrogens with zero attached hydrogens (tertiary/aromatic N) is 5. The average Bonchev–Trinajstić information content (AvgIpc) is 4.63. The van der Waals surface area contributed by atoms with Crippen LogP contribution in [0.3, 0.4) is 0 Å². The molecule has 5 fully saturated rings. The van der Waals surface area contributed by atoms with Gasteiger partial charge in [0.25, 0.3) is 0 Å². The van der Waals surface area contributed by atoms with Crippen molar-refractivity contribution < 1.29 is 18.9 Å². The van der Waals surface area contributed by atoms with Gasteiger partial charge in [0, 0.05) is 103 Å². The Labute approximate surface area is 603 Å². The molecule has 5 saturated heterocycles. The predicted octanol–water partition coefficient (Wildman–Crippen LogP) is 25.3. The van der Waals surface area contributed by atoms with Crippen molar-refractivity contribution in [2.75, 3.05) is 85.5 Å². The molecule has 10 nitrogen and oxygen atoms in total. The first-order valence-corrected chi connectivity index (χ1v) is 41.6. The third-order valence-corrected chi connectivity index (χ3v) is 16.9. The maximum absolute atomic E-state index is 5.54. The number of hydrogen-bond acceptors (Lipinski definition) is 10. The minimum atomic E-state index is 0.554. The van der Waals surface area contributed by atoms with Crippen LogP contribution in [-0.2, 0) is 18.9 Å². The van der Waals surface area contributed by atoms with Gasteiger partial charge in [-0.2, -0.15) is 0 Å². The summed E-state index contributed by atoms with van der Waals surface area (Å²) in [5, 5.41) is 3.33. The topological polar surface area (TPSA) is 102 Å². The molecule has 6 unspecified atom stereocenters. The summed E-state index contributed by atoms with van der Waals surface area (Å²) in [5.74, 6) is 9.52. The van der Waals surface area contributed by atoms with Crippen molar-refractivity contribution in [1.29, 1.82) is 0 Å². The zero-order valence-corrected chi connectivity index (χ0v) is 72.3. The summed E-state index contributed by atoms with van der Waals surface area (Å²) >= 11 is 0. The molecule has 0 amide bonds. The molecular formula is C85H186N6O4. The van der Waals surface area contributed by atoms with Crippen molar-refractivity contribution in [3.05, 3.63) is 0 Å². The molecule has 0 aromatic carbocycles. The largest absolute Gasteiger partial charge is 0.381 e. The van der Waals surface area contributed by atoms with Crippen LogP contribution in [-0.4, -0.2) is 139 Å². The van der Waals surface area contributed by atoms with E-state index < -0.39 is 0 Å². The molecule has 9 rings (SSSR count). The average molecular weight is 1360 g/mol. The minimum Gasteiger partial charge on any atom is -0.381 e. The molecule has 0 saturated carbocycles. The molecule has 9 heterocycles. The van der Waals surface area contributed by atoms with E-state index in [1.54, 1.807) is 0 Å². The van der Waals surface area contributed by atoms with Crippen LogP contribution < -0.4 is 5.32 Å². The number of rotatable bonds is 9. The zero-order chi connectivity index (χ0) is 75.4. The molecule has 0 spiro atoms. The summed E-state index contributed by atoms with van der Waals surface area (Å²) < 4.78 is 21.7. The zero-order valence-electron chi connectivity index (χ0n) is 72.3. The molecular weight excluding hydrogens is 1170 g/mol. The van der Waals surface area contributed by atoms with Crippen molar-refractivity contribution in [1.82, 2.24) is 10.2 Å². The molecule has 9 aliphatic rings. The van der Waals surface area contributed by atoms with E-state index in [-0.39, 0.29) is 0 Å². The highest BCUT2D eigenvalue weighted by Crippen LogP contribution is 2.24. The highest BCUT2D eigenvalue weighted by atomic mass is 16.5. The van der Waals surface area contributed by atoms with E-state index in [0.29, 0.717) is 36.0 Å². The van der Waals surface area contributed by atoms with Gasteiger partial charge in [0.2, 0.25) is 0 Å². The van der Waals surface area contributed by atoms with Gasteiger partial charge in [-0.3, -0.25) is 24.9 Å². The lowest BCUT2D eigenvalue weighted by molar-refractivity contribution is -0.0116. The number of ether oxygens (including phenoxy) is 4. The Morgan fingerprint density at radius 1 is 0.421 bits per heavy atom. The number of hydrogen-bond donors (Lipinski definition) is 1. The SMILES string of the molecule is CC.CC.CC.CC.CC.CC.CC.CC.CC.CC(C)C1=NCCC1.CC(C)C1C=NCC1.CC(C)C1CC=NC1.CC(C)C1CCC=N1.CC(C)C1CCCCO1.CC(C)C1CCCCO1.CC(C)C1CCCOC1.CC(C)C1CCOCC1.CC(C)N1CCNCC1. The fourth-order valence-electron chi connectivity index (χ4n) is 10.5. The van der Waals surface area contributed by atoms with Gasteiger partial charge in [-0.15, -0.1) is 0 Å². The Balaban J connectivity index is -0.000000121. The molecule has 0 aliphatic carbocycles. The van der Waals surface area contributed by atoms with E-state index in [1.165, 1.54) is 122 Å². The Kier molecular flexibility index (Phi) is 104. The number of nitrogens with one attached hydrogen (secondary N) is 1. The first-order valence-electron chi connectivity index (χ1n) is 41.6. The Hall–Kier alpha value is -1.56. The van der Waals surface area contributed by atoms with Crippen molar-refractivity contribution in [3.8, 4) is 0 Å². The van der Waals surface area contributed by atoms with Gasteiger partial charge in [0.15, 0.2) is 0 Å². The molecule has 0 bridgehead atoms. The van der Waals surface area contributed by atoms with Gasteiger partial charge in [0.05, 0.1) is 18.2 Å². The lowest BCUT2D eigenvalue weighted by Crippen LogP contribution is -2.46. The van der Waals surface area contributed by atoms with Gasteiger partial charge in [-0.25, -0.2) is 0 Å². The molecule has 0 radical (unpaired) electrons. The van der Waals surface area contributed by atoms with E-state index in [9.17, 15) is 0 Å². The molecule has 9 aliphatic heterocycles. The highest BCUT2D eigenvalue weighted by molar-refractivity contribution is 5.87. The molecule has 95 heavy (non-hydrogen) atoms. The third-order valence-electron chi connectivity index (χ3n) is 16.9. The number of piperazine rings is 1. The summed E-state index contributed by atoms with van der Waals surface area (Å²) in [7, 11) is 0. The fraction of sp³-hybridized carbons (Fsp3) is 0.953. The first-order chi connectivity index (χ1) is 45.7. The van der Waals surface area contributed by atoms with Gasteiger partial charge < -0.3 is 24.3 Å². The van der Waals surface area contributed by atoms with E-state index in [1.807, 2.05) is 137 Å². The maximum atomic E-state index is 5.54. The smallest absolute Gasteiger partial charge is 0.0598 e. The van der Waals surface area contributed by atoms with Crippen LogP contribution >= 0.6 is 0 Å². The molecule has 1 N–H and O–H groups in total. The normalized spacial score (nSPS) is 21.8. The summed E-state index contributed by atoms with van der Waals surface area (Å²) in [4.78, 5) is 19.5. The van der Waals surface area contributed by atoms with Crippen LogP contribution in [0, 0.1) is 71.0 Å². The second-order valence-corrected chi connectivity index (χ2v) is 26.5. The quantitative estimate of drug-likeness (QED) is 0.247. The summed E-state index contributed by atoms with van der Waals surface area (Å²) in [6.45, 7) is 90.4. The standard InChI is InChI=1S/4C8H16O.C7H16N2.4C7H13N.9C2H6/c1-7(2)8-3-5-9-6-4-8;1-7(2)8-4-3-5-9-6-8;2*1-7(2)8-5-3-4-6-9-8;1-7(2)9-5-3-8-4-6-9;2*1-6(2)7-3-4-8-5-7;2*1-6(2)7-4-3-5-8-7;9*1-2/h5*7-8H,3-6H2,1-2H3;5-7H,3-4H2,1-2H3;4,6-7H,3,5H2,1-2H3;6H,3-5H2,1-2H3;5-7H,3-4H2,1-2H3;9*1-2H3. The molecule has 6 atom stereocenters. The fourth-order valence-corrected chi connectivity index (χ4v) is 10.5. The predicted molar refractivity (Wildman–Crippen MR) is 441 cm³/mol. The van der Waals surface area contributed by atoms with Gasteiger partial charge >= 0.3 is 0 Å². The molecule has 0 aromatic heterocycles. The summed E-state index contributed by atoms with van der Waals surface area (Å²) in [5.41, 5.74) is 1.42. The van der Waals surface area contributed by atoms with Gasteiger partial charge in [-0.05, 0) is 200 Å². The van der Waals surface area contributed by atoms with Crippen molar-refractivity contribution >= 4 is 24.4 Å². The Morgan fingerprint density at radius 3 is 1.12 bits per heavy atom. The number of aliphatic imine (C=N–C) groups is 4. The van der Waals surface area contributed by atoms with Crippen molar-refractivity contribution in [2.45, 2.75) is 376 Å². The van der Waals surface area contributed by atoms with E-state index in [0.717, 1.165) is 132 Å². The molecule has 10 heteroatoms. The maximum Gasteiger partial charge on any atom is 0.0598 e. The second-order valence-electron chi connectivity index (χ2n) is 26.5.